The molecule has 0 spiro atoms. The number of anilines is 1. The van der Waals surface area contributed by atoms with Crippen LogP contribution in [-0.2, 0) is 0 Å². The third-order valence-electron chi connectivity index (χ3n) is 2.33. The molecule has 0 aliphatic rings. The third-order valence-corrected chi connectivity index (χ3v) is 2.33. The van der Waals surface area contributed by atoms with E-state index in [-0.39, 0.29) is 0 Å². The Kier molecular flexibility index (Phi) is 2.95. The first-order valence-electron chi connectivity index (χ1n) is 5.33. The molecule has 0 saturated heterocycles. The summed E-state index contributed by atoms with van der Waals surface area (Å²) in [6.07, 6.45) is 0. The summed E-state index contributed by atoms with van der Waals surface area (Å²) in [4.78, 5) is 8.53. The van der Waals surface area contributed by atoms with Gasteiger partial charge in [-0.3, -0.25) is 5.10 Å². The van der Waals surface area contributed by atoms with E-state index in [0.717, 1.165) is 17.1 Å². The minimum atomic E-state index is 0.505. The Morgan fingerprint density at radius 2 is 2.00 bits per heavy atom. The summed E-state index contributed by atoms with van der Waals surface area (Å²) in [7, 11) is 1.82. The minimum absolute atomic E-state index is 0.505. The van der Waals surface area contributed by atoms with Crippen LogP contribution < -0.4 is 10.1 Å². The molecule has 0 aliphatic heterocycles. The Bertz CT molecular complexity index is 535. The quantitative estimate of drug-likeness (QED) is 0.847. The van der Waals surface area contributed by atoms with Gasteiger partial charge in [-0.2, -0.15) is 4.98 Å². The number of hydrogen-bond acceptors (Lipinski definition) is 5. The molecule has 2 N–H and O–H groups in total. The van der Waals surface area contributed by atoms with Crippen molar-refractivity contribution in [2.24, 2.45) is 0 Å². The second-order valence-electron chi connectivity index (χ2n) is 3.79. The number of aryl methyl sites for hydroxylation is 2. The molecular weight excluding hydrogens is 218 g/mol. The molecule has 0 radical (unpaired) electrons. The van der Waals surface area contributed by atoms with E-state index in [9.17, 15) is 0 Å². The number of ether oxygens (including phenoxy) is 1. The molecule has 0 atom stereocenters. The maximum atomic E-state index is 5.62. The lowest BCUT2D eigenvalue weighted by Crippen LogP contribution is -2.03. The second-order valence-corrected chi connectivity index (χ2v) is 3.79. The van der Waals surface area contributed by atoms with Crippen molar-refractivity contribution in [3.8, 4) is 11.8 Å². The van der Waals surface area contributed by atoms with E-state index < -0.39 is 0 Å². The summed E-state index contributed by atoms with van der Waals surface area (Å²) in [5, 5.41) is 9.83. The van der Waals surface area contributed by atoms with Gasteiger partial charge in [-0.05, 0) is 20.8 Å². The predicted molar refractivity (Wildman–Crippen MR) is 64.5 cm³/mol. The molecular formula is C11H15N5O. The summed E-state index contributed by atoms with van der Waals surface area (Å²) in [6.45, 7) is 5.64. The van der Waals surface area contributed by atoms with Crippen molar-refractivity contribution in [1.29, 1.82) is 0 Å². The molecule has 0 aliphatic carbocycles. The fourth-order valence-corrected chi connectivity index (χ4v) is 1.49. The van der Waals surface area contributed by atoms with Gasteiger partial charge in [0, 0.05) is 18.8 Å². The molecule has 0 bridgehead atoms. The molecule has 2 rings (SSSR count). The fraction of sp³-hybridized carbons (Fsp3) is 0.364. The lowest BCUT2D eigenvalue weighted by molar-refractivity contribution is 0.437. The predicted octanol–water partition coefficient (Wildman–Crippen LogP) is 1.96. The Labute approximate surface area is 99.4 Å². The Balaban J connectivity index is 2.35. The summed E-state index contributed by atoms with van der Waals surface area (Å²) in [5.74, 6) is 2.45. The van der Waals surface area contributed by atoms with E-state index in [1.54, 1.807) is 0 Å². The van der Waals surface area contributed by atoms with Crippen molar-refractivity contribution in [2.45, 2.75) is 20.8 Å². The van der Waals surface area contributed by atoms with Crippen LogP contribution in [-0.4, -0.2) is 27.2 Å². The molecule has 0 unspecified atom stereocenters. The highest BCUT2D eigenvalue weighted by Gasteiger charge is 2.11. The zero-order valence-corrected chi connectivity index (χ0v) is 10.3. The Morgan fingerprint density at radius 1 is 1.24 bits per heavy atom. The van der Waals surface area contributed by atoms with Gasteiger partial charge in [0.05, 0.1) is 5.56 Å². The summed E-state index contributed by atoms with van der Waals surface area (Å²) in [6, 6.07) is 1.82. The summed E-state index contributed by atoms with van der Waals surface area (Å²) < 4.78 is 5.62. The van der Waals surface area contributed by atoms with E-state index >= 15 is 0 Å². The highest BCUT2D eigenvalue weighted by atomic mass is 16.5. The van der Waals surface area contributed by atoms with Crippen LogP contribution in [0.15, 0.2) is 6.07 Å². The van der Waals surface area contributed by atoms with Crippen LogP contribution in [0.2, 0.25) is 0 Å². The van der Waals surface area contributed by atoms with Crippen LogP contribution in [0.3, 0.4) is 0 Å². The molecule has 17 heavy (non-hydrogen) atoms. The van der Waals surface area contributed by atoms with Crippen LogP contribution in [0.4, 0.5) is 5.82 Å². The Morgan fingerprint density at radius 3 is 2.59 bits per heavy atom. The first-order chi connectivity index (χ1) is 8.10. The minimum Gasteiger partial charge on any atom is -0.419 e. The summed E-state index contributed by atoms with van der Waals surface area (Å²) >= 11 is 0. The highest BCUT2D eigenvalue weighted by Crippen LogP contribution is 2.25. The second kappa shape index (κ2) is 4.40. The molecule has 2 aromatic rings. The molecule has 90 valence electrons. The standard InChI is InChI=1S/C11H15N5O/c1-6-5-9(16-15-6)17-11-7(2)10(12-4)13-8(3)14-11/h5H,1-4H3,(H,15,16)(H,12,13,14). The monoisotopic (exact) mass is 233 g/mol. The summed E-state index contributed by atoms with van der Waals surface area (Å²) in [5.41, 5.74) is 1.80. The van der Waals surface area contributed by atoms with E-state index in [4.69, 9.17) is 4.74 Å². The van der Waals surface area contributed by atoms with Gasteiger partial charge in [0.15, 0.2) is 0 Å². The highest BCUT2D eigenvalue weighted by molar-refractivity contribution is 5.48. The Hall–Kier alpha value is -2.11. The zero-order chi connectivity index (χ0) is 12.4. The first kappa shape index (κ1) is 11.4. The maximum Gasteiger partial charge on any atom is 0.240 e. The van der Waals surface area contributed by atoms with Crippen molar-refractivity contribution in [3.63, 3.8) is 0 Å². The average molecular weight is 233 g/mol. The molecule has 6 heteroatoms. The topological polar surface area (TPSA) is 75.7 Å². The average Bonchev–Trinajstić information content (AvgIpc) is 2.69. The third kappa shape index (κ3) is 2.35. The fourth-order valence-electron chi connectivity index (χ4n) is 1.49. The lowest BCUT2D eigenvalue weighted by Gasteiger charge is -2.09. The van der Waals surface area contributed by atoms with Gasteiger partial charge in [0.25, 0.3) is 0 Å². The van der Waals surface area contributed by atoms with Gasteiger partial charge in [0.2, 0.25) is 11.8 Å². The number of hydrogen-bond donors (Lipinski definition) is 2. The lowest BCUT2D eigenvalue weighted by atomic mass is 10.3. The zero-order valence-electron chi connectivity index (χ0n) is 10.3. The van der Waals surface area contributed by atoms with Crippen LogP contribution in [0.1, 0.15) is 17.1 Å². The number of H-pyrrole nitrogens is 1. The molecule has 6 nitrogen and oxygen atoms in total. The molecule has 2 heterocycles. The van der Waals surface area contributed by atoms with Crippen LogP contribution >= 0.6 is 0 Å². The molecule has 0 fully saturated rings. The van der Waals surface area contributed by atoms with Crippen LogP contribution in [0, 0.1) is 20.8 Å². The van der Waals surface area contributed by atoms with Crippen molar-refractivity contribution in [3.05, 3.63) is 23.1 Å². The largest absolute Gasteiger partial charge is 0.419 e. The number of aromatic nitrogens is 4. The van der Waals surface area contributed by atoms with Gasteiger partial charge in [-0.25, -0.2) is 4.98 Å². The van der Waals surface area contributed by atoms with E-state index in [1.807, 2.05) is 33.9 Å². The maximum absolute atomic E-state index is 5.62. The van der Waals surface area contributed by atoms with E-state index in [2.05, 4.69) is 25.5 Å². The van der Waals surface area contributed by atoms with Gasteiger partial charge in [-0.15, -0.1) is 5.10 Å². The number of rotatable bonds is 3. The number of nitrogens with one attached hydrogen (secondary N) is 2. The molecule has 0 saturated carbocycles. The molecule has 2 aromatic heterocycles. The molecule has 0 aromatic carbocycles. The van der Waals surface area contributed by atoms with Crippen molar-refractivity contribution in [1.82, 2.24) is 20.2 Å². The van der Waals surface area contributed by atoms with Gasteiger partial charge < -0.3 is 10.1 Å². The van der Waals surface area contributed by atoms with Crippen molar-refractivity contribution < 1.29 is 4.74 Å². The smallest absolute Gasteiger partial charge is 0.240 e. The SMILES string of the molecule is CNc1nc(C)nc(Oc2cc(C)[nH]n2)c1C. The van der Waals surface area contributed by atoms with Crippen molar-refractivity contribution in [2.75, 3.05) is 12.4 Å². The van der Waals surface area contributed by atoms with Gasteiger partial charge in [0.1, 0.15) is 11.6 Å². The van der Waals surface area contributed by atoms with Crippen molar-refractivity contribution >= 4 is 5.82 Å². The molecule has 0 amide bonds. The van der Waals surface area contributed by atoms with Crippen LogP contribution in [0.25, 0.3) is 0 Å². The number of aromatic amines is 1. The van der Waals surface area contributed by atoms with Crippen LogP contribution in [0.5, 0.6) is 11.8 Å². The number of nitrogens with zero attached hydrogens (tertiary/aromatic N) is 3. The first-order valence-corrected chi connectivity index (χ1v) is 5.33. The van der Waals surface area contributed by atoms with Gasteiger partial charge in [-0.1, -0.05) is 0 Å². The normalized spacial score (nSPS) is 10.4. The van der Waals surface area contributed by atoms with Gasteiger partial charge >= 0.3 is 0 Å². The van der Waals surface area contributed by atoms with E-state index in [1.165, 1.54) is 0 Å². The van der Waals surface area contributed by atoms with E-state index in [0.29, 0.717) is 17.6 Å².